The third kappa shape index (κ3) is 5.93. The van der Waals surface area contributed by atoms with Gasteiger partial charge in [0.15, 0.2) is 10.6 Å². The van der Waals surface area contributed by atoms with Gasteiger partial charge in [-0.2, -0.15) is 5.10 Å². The van der Waals surface area contributed by atoms with Crippen molar-refractivity contribution in [2.24, 2.45) is 0 Å². The van der Waals surface area contributed by atoms with Gasteiger partial charge >= 0.3 is 0 Å². The van der Waals surface area contributed by atoms with Crippen LogP contribution >= 0.6 is 23.8 Å². The van der Waals surface area contributed by atoms with Gasteiger partial charge in [0.2, 0.25) is 0 Å². The largest absolute Gasteiger partial charge is 0.376 e. The third-order valence-electron chi connectivity index (χ3n) is 6.08. The lowest BCUT2D eigenvalue weighted by atomic mass is 9.87. The number of hydrogen-bond acceptors (Lipinski definition) is 4. The van der Waals surface area contributed by atoms with E-state index in [1.165, 1.54) is 11.1 Å². The van der Waals surface area contributed by atoms with E-state index in [4.69, 9.17) is 33.7 Å². The molecule has 3 aromatic rings. The number of hydrogen-bond donors (Lipinski definition) is 0. The second-order valence-corrected chi connectivity index (χ2v) is 10.8. The molecule has 0 N–H and O–H groups in total. The molecular weight excluding hydrogens is 452 g/mol. The Kier molecular flexibility index (Phi) is 7.39. The smallest absolute Gasteiger partial charge is 0.199 e. The van der Waals surface area contributed by atoms with Gasteiger partial charge in [0, 0.05) is 23.7 Å². The first kappa shape index (κ1) is 24.1. The highest BCUT2D eigenvalue weighted by Crippen LogP contribution is 2.25. The molecule has 176 valence electrons. The number of ether oxygens (including phenoxy) is 1. The van der Waals surface area contributed by atoms with E-state index in [1.54, 1.807) is 0 Å². The molecule has 1 saturated heterocycles. The first-order chi connectivity index (χ1) is 15.7. The molecule has 0 unspecified atom stereocenters. The summed E-state index contributed by atoms with van der Waals surface area (Å²) in [7, 11) is 2.10. The lowest BCUT2D eigenvalue weighted by Crippen LogP contribution is -2.23. The van der Waals surface area contributed by atoms with Crippen LogP contribution in [0.15, 0.2) is 48.5 Å². The summed E-state index contributed by atoms with van der Waals surface area (Å²) in [6, 6.07) is 16.7. The van der Waals surface area contributed by atoms with E-state index in [0.717, 1.165) is 43.9 Å². The van der Waals surface area contributed by atoms with Crippen molar-refractivity contribution in [2.75, 3.05) is 13.7 Å². The maximum absolute atomic E-state index is 6.11. The summed E-state index contributed by atoms with van der Waals surface area (Å²) in [5.41, 5.74) is 3.78. The van der Waals surface area contributed by atoms with Crippen LogP contribution in [0.1, 0.15) is 44.7 Å². The Balaban J connectivity index is 1.55. The van der Waals surface area contributed by atoms with Gasteiger partial charge in [-0.3, -0.25) is 9.47 Å². The summed E-state index contributed by atoms with van der Waals surface area (Å²) in [5.74, 6) is 0.857. The van der Waals surface area contributed by atoms with E-state index in [1.807, 2.05) is 28.9 Å². The van der Waals surface area contributed by atoms with Gasteiger partial charge in [-0.05, 0) is 72.9 Å². The molecule has 4 rings (SSSR count). The molecule has 5 nitrogen and oxygen atoms in total. The van der Waals surface area contributed by atoms with E-state index in [0.29, 0.717) is 16.5 Å². The molecule has 0 aliphatic carbocycles. The Morgan fingerprint density at radius 1 is 1.12 bits per heavy atom. The van der Waals surface area contributed by atoms with Crippen LogP contribution in [0.4, 0.5) is 0 Å². The molecule has 0 bridgehead atoms. The first-order valence-corrected chi connectivity index (χ1v) is 12.3. The van der Waals surface area contributed by atoms with Gasteiger partial charge in [-0.1, -0.05) is 56.6 Å². The molecule has 1 aromatic heterocycles. The van der Waals surface area contributed by atoms with Crippen molar-refractivity contribution in [3.05, 3.63) is 69.5 Å². The van der Waals surface area contributed by atoms with Crippen molar-refractivity contribution < 1.29 is 4.74 Å². The summed E-state index contributed by atoms with van der Waals surface area (Å²) < 4.78 is 10.6. The molecule has 1 fully saturated rings. The molecule has 0 saturated carbocycles. The predicted molar refractivity (Wildman–Crippen MR) is 137 cm³/mol. The van der Waals surface area contributed by atoms with E-state index < -0.39 is 0 Å². The molecule has 2 aromatic carbocycles. The van der Waals surface area contributed by atoms with Gasteiger partial charge in [0.05, 0.1) is 19.3 Å². The van der Waals surface area contributed by atoms with Crippen LogP contribution in [0.2, 0.25) is 5.02 Å². The van der Waals surface area contributed by atoms with E-state index in [9.17, 15) is 0 Å². The highest BCUT2D eigenvalue weighted by molar-refractivity contribution is 7.71. The van der Waals surface area contributed by atoms with Gasteiger partial charge in [-0.15, -0.1) is 0 Å². The summed E-state index contributed by atoms with van der Waals surface area (Å²) in [4.78, 5) is 2.23. The predicted octanol–water partition coefficient (Wildman–Crippen LogP) is 6.30. The van der Waals surface area contributed by atoms with Crippen LogP contribution in [0.25, 0.3) is 11.4 Å². The quantitative estimate of drug-likeness (QED) is 0.368. The number of rotatable bonds is 7. The normalized spacial score (nSPS) is 16.6. The van der Waals surface area contributed by atoms with Crippen molar-refractivity contribution in [1.82, 2.24) is 19.2 Å². The fraction of sp³-hybridized carbons (Fsp3) is 0.462. The van der Waals surface area contributed by atoms with Crippen LogP contribution < -0.4 is 0 Å². The van der Waals surface area contributed by atoms with Crippen molar-refractivity contribution in [3.63, 3.8) is 0 Å². The molecule has 1 aliphatic rings. The molecule has 0 radical (unpaired) electrons. The standard InChI is InChI=1S/C26H33ClN4OS/c1-26(2,3)21-11-7-19(8-12-21)16-29(4)18-31-25(33)30(17-23-6-5-15-32-23)24(28-31)20-9-13-22(27)14-10-20/h7-14,23H,5-6,15-18H2,1-4H3/t23-/m1/s1. The van der Waals surface area contributed by atoms with Crippen LogP contribution in [0.5, 0.6) is 0 Å². The highest BCUT2D eigenvalue weighted by atomic mass is 35.5. The minimum Gasteiger partial charge on any atom is -0.376 e. The average molecular weight is 485 g/mol. The lowest BCUT2D eigenvalue weighted by molar-refractivity contribution is 0.0967. The molecule has 7 heteroatoms. The van der Waals surface area contributed by atoms with Gasteiger partial charge in [0.1, 0.15) is 0 Å². The van der Waals surface area contributed by atoms with Crippen molar-refractivity contribution in [3.8, 4) is 11.4 Å². The van der Waals surface area contributed by atoms with E-state index in [2.05, 4.69) is 61.6 Å². The Morgan fingerprint density at radius 3 is 2.42 bits per heavy atom. The lowest BCUT2D eigenvalue weighted by Gasteiger charge is -2.20. The summed E-state index contributed by atoms with van der Waals surface area (Å²) in [6.45, 7) is 9.68. The molecule has 33 heavy (non-hydrogen) atoms. The topological polar surface area (TPSA) is 35.2 Å². The first-order valence-electron chi connectivity index (χ1n) is 11.5. The number of nitrogens with zero attached hydrogens (tertiary/aromatic N) is 4. The minimum atomic E-state index is 0.158. The fourth-order valence-electron chi connectivity index (χ4n) is 4.20. The van der Waals surface area contributed by atoms with Gasteiger partial charge in [0.25, 0.3) is 0 Å². The molecule has 0 spiro atoms. The third-order valence-corrected chi connectivity index (χ3v) is 6.77. The van der Waals surface area contributed by atoms with Crippen molar-refractivity contribution in [2.45, 2.75) is 64.9 Å². The van der Waals surface area contributed by atoms with Crippen LogP contribution in [0, 0.1) is 4.77 Å². The Labute approximate surface area is 206 Å². The fourth-order valence-corrected chi connectivity index (χ4v) is 4.59. The van der Waals surface area contributed by atoms with Crippen molar-refractivity contribution >= 4 is 23.8 Å². The second-order valence-electron chi connectivity index (χ2n) is 9.96. The number of benzene rings is 2. The Bertz CT molecular complexity index is 1120. The van der Waals surface area contributed by atoms with E-state index >= 15 is 0 Å². The summed E-state index contributed by atoms with van der Waals surface area (Å²) in [6.07, 6.45) is 2.33. The molecular formula is C26H33ClN4OS. The molecule has 0 amide bonds. The summed E-state index contributed by atoms with van der Waals surface area (Å²) >= 11 is 12.0. The Hall–Kier alpha value is -1.99. The highest BCUT2D eigenvalue weighted by Gasteiger charge is 2.21. The monoisotopic (exact) mass is 484 g/mol. The van der Waals surface area contributed by atoms with E-state index in [-0.39, 0.29) is 11.5 Å². The number of aromatic nitrogens is 3. The van der Waals surface area contributed by atoms with Crippen LogP contribution in [0.3, 0.4) is 0 Å². The van der Waals surface area contributed by atoms with Gasteiger partial charge < -0.3 is 4.74 Å². The molecule has 2 heterocycles. The second kappa shape index (κ2) is 10.1. The van der Waals surface area contributed by atoms with Crippen molar-refractivity contribution in [1.29, 1.82) is 0 Å². The number of halogens is 1. The molecule has 1 aliphatic heterocycles. The minimum absolute atomic E-state index is 0.158. The zero-order valence-electron chi connectivity index (χ0n) is 19.9. The SMILES string of the molecule is CN(Cc1ccc(C(C)(C)C)cc1)Cn1nc(-c2ccc(Cl)cc2)n(C[C@H]2CCCO2)c1=S. The average Bonchev–Trinajstić information content (AvgIpc) is 3.38. The van der Waals surface area contributed by atoms with Crippen LogP contribution in [-0.4, -0.2) is 39.0 Å². The summed E-state index contributed by atoms with van der Waals surface area (Å²) in [5, 5.41) is 5.62. The maximum Gasteiger partial charge on any atom is 0.199 e. The Morgan fingerprint density at radius 2 is 1.82 bits per heavy atom. The maximum atomic E-state index is 6.11. The van der Waals surface area contributed by atoms with Crippen LogP contribution in [-0.2, 0) is 29.9 Å². The van der Waals surface area contributed by atoms with Gasteiger partial charge in [-0.25, -0.2) is 4.68 Å². The molecule has 1 atom stereocenters. The zero-order valence-corrected chi connectivity index (χ0v) is 21.5. The zero-order chi connectivity index (χ0) is 23.6.